The fourth-order valence-corrected chi connectivity index (χ4v) is 1.33. The van der Waals surface area contributed by atoms with Gasteiger partial charge in [-0.1, -0.05) is 13.8 Å². The van der Waals surface area contributed by atoms with E-state index in [-0.39, 0.29) is 0 Å². The van der Waals surface area contributed by atoms with Gasteiger partial charge in [-0.2, -0.15) is 0 Å². The number of pyridine rings is 1. The molecule has 0 aliphatic carbocycles. The van der Waals surface area contributed by atoms with Crippen LogP contribution in [0.15, 0.2) is 12.3 Å². The van der Waals surface area contributed by atoms with Crippen molar-refractivity contribution in [2.75, 3.05) is 6.61 Å². The SMILES string of the molecule is Cc1ccnc(OCCC(C)C)c1CN. The van der Waals surface area contributed by atoms with Crippen LogP contribution in [0.1, 0.15) is 31.4 Å². The molecule has 3 nitrogen and oxygen atoms in total. The van der Waals surface area contributed by atoms with Crippen LogP contribution in [-0.2, 0) is 6.54 Å². The molecule has 0 aliphatic heterocycles. The highest BCUT2D eigenvalue weighted by atomic mass is 16.5. The summed E-state index contributed by atoms with van der Waals surface area (Å²) in [7, 11) is 0. The Balaban J connectivity index is 2.64. The Hall–Kier alpha value is -1.09. The van der Waals surface area contributed by atoms with Gasteiger partial charge >= 0.3 is 0 Å². The van der Waals surface area contributed by atoms with Crippen molar-refractivity contribution >= 4 is 0 Å². The monoisotopic (exact) mass is 208 g/mol. The van der Waals surface area contributed by atoms with Gasteiger partial charge < -0.3 is 10.5 Å². The lowest BCUT2D eigenvalue weighted by Gasteiger charge is -2.11. The first-order valence-electron chi connectivity index (χ1n) is 5.42. The van der Waals surface area contributed by atoms with E-state index in [1.807, 2.05) is 13.0 Å². The molecule has 0 aromatic carbocycles. The molecule has 1 heterocycles. The summed E-state index contributed by atoms with van der Waals surface area (Å²) in [6.45, 7) is 7.57. The fraction of sp³-hybridized carbons (Fsp3) is 0.583. The second kappa shape index (κ2) is 5.71. The second-order valence-corrected chi connectivity index (χ2v) is 4.15. The number of nitrogens with two attached hydrogens (primary N) is 1. The van der Waals surface area contributed by atoms with Gasteiger partial charge in [0, 0.05) is 18.3 Å². The van der Waals surface area contributed by atoms with E-state index >= 15 is 0 Å². The molecule has 1 aromatic rings. The molecule has 0 atom stereocenters. The summed E-state index contributed by atoms with van der Waals surface area (Å²) < 4.78 is 5.63. The molecular formula is C12H20N2O. The van der Waals surface area contributed by atoms with Crippen LogP contribution in [0.4, 0.5) is 0 Å². The van der Waals surface area contributed by atoms with E-state index < -0.39 is 0 Å². The number of rotatable bonds is 5. The van der Waals surface area contributed by atoms with Gasteiger partial charge in [0.25, 0.3) is 0 Å². The van der Waals surface area contributed by atoms with E-state index in [1.54, 1.807) is 6.20 Å². The first kappa shape index (κ1) is 12.0. The van der Waals surface area contributed by atoms with Crippen molar-refractivity contribution in [1.82, 2.24) is 4.98 Å². The van der Waals surface area contributed by atoms with Crippen molar-refractivity contribution in [3.63, 3.8) is 0 Å². The normalized spacial score (nSPS) is 10.7. The van der Waals surface area contributed by atoms with Gasteiger partial charge in [-0.05, 0) is 30.9 Å². The van der Waals surface area contributed by atoms with Crippen LogP contribution in [0, 0.1) is 12.8 Å². The van der Waals surface area contributed by atoms with Crippen LogP contribution >= 0.6 is 0 Å². The van der Waals surface area contributed by atoms with E-state index in [0.717, 1.165) is 17.5 Å². The smallest absolute Gasteiger partial charge is 0.218 e. The molecule has 1 rings (SSSR count). The summed E-state index contributed by atoms with van der Waals surface area (Å²) in [5.41, 5.74) is 7.82. The second-order valence-electron chi connectivity index (χ2n) is 4.15. The molecule has 0 spiro atoms. The Bertz CT molecular complexity index is 310. The van der Waals surface area contributed by atoms with Crippen molar-refractivity contribution in [2.24, 2.45) is 11.7 Å². The van der Waals surface area contributed by atoms with Crippen molar-refractivity contribution in [3.05, 3.63) is 23.4 Å². The molecule has 15 heavy (non-hydrogen) atoms. The van der Waals surface area contributed by atoms with Gasteiger partial charge in [-0.15, -0.1) is 0 Å². The summed E-state index contributed by atoms with van der Waals surface area (Å²) in [5.74, 6) is 1.34. The lowest BCUT2D eigenvalue weighted by molar-refractivity contribution is 0.276. The molecule has 3 heteroatoms. The number of aromatic nitrogens is 1. The van der Waals surface area contributed by atoms with Crippen LogP contribution in [0.5, 0.6) is 5.88 Å². The summed E-state index contributed by atoms with van der Waals surface area (Å²) in [6.07, 6.45) is 2.80. The number of ether oxygens (including phenoxy) is 1. The number of hydrogen-bond acceptors (Lipinski definition) is 3. The molecule has 2 N–H and O–H groups in total. The maximum atomic E-state index is 5.66. The Morgan fingerprint density at radius 3 is 2.80 bits per heavy atom. The van der Waals surface area contributed by atoms with Gasteiger partial charge in [0.1, 0.15) is 0 Å². The summed E-state index contributed by atoms with van der Waals surface area (Å²) >= 11 is 0. The zero-order chi connectivity index (χ0) is 11.3. The highest BCUT2D eigenvalue weighted by Gasteiger charge is 2.06. The maximum Gasteiger partial charge on any atom is 0.218 e. The first-order valence-corrected chi connectivity index (χ1v) is 5.42. The summed E-state index contributed by atoms with van der Waals surface area (Å²) in [6, 6.07) is 1.96. The molecular weight excluding hydrogens is 188 g/mol. The standard InChI is InChI=1S/C12H20N2O/c1-9(2)5-7-15-12-11(8-13)10(3)4-6-14-12/h4,6,9H,5,7-8,13H2,1-3H3. The van der Waals surface area contributed by atoms with E-state index in [0.29, 0.717) is 24.9 Å². The Kier molecular flexibility index (Phi) is 4.56. The predicted molar refractivity (Wildman–Crippen MR) is 61.8 cm³/mol. The number of hydrogen-bond donors (Lipinski definition) is 1. The number of nitrogens with zero attached hydrogens (tertiary/aromatic N) is 1. The molecule has 0 saturated carbocycles. The highest BCUT2D eigenvalue weighted by molar-refractivity contribution is 5.33. The van der Waals surface area contributed by atoms with Crippen LogP contribution in [0.2, 0.25) is 0 Å². The lowest BCUT2D eigenvalue weighted by Crippen LogP contribution is -2.08. The Morgan fingerprint density at radius 1 is 1.47 bits per heavy atom. The van der Waals surface area contributed by atoms with Gasteiger partial charge in [-0.25, -0.2) is 4.98 Å². The Labute approximate surface area is 91.7 Å². The molecule has 0 fully saturated rings. The Morgan fingerprint density at radius 2 is 2.20 bits per heavy atom. The van der Waals surface area contributed by atoms with Crippen molar-refractivity contribution in [1.29, 1.82) is 0 Å². The molecule has 0 saturated heterocycles. The van der Waals surface area contributed by atoms with E-state index in [9.17, 15) is 0 Å². The quantitative estimate of drug-likeness (QED) is 0.807. The van der Waals surface area contributed by atoms with Crippen LogP contribution < -0.4 is 10.5 Å². The van der Waals surface area contributed by atoms with Crippen LogP contribution in [0.25, 0.3) is 0 Å². The van der Waals surface area contributed by atoms with Crippen molar-refractivity contribution in [3.8, 4) is 5.88 Å². The fourth-order valence-electron chi connectivity index (χ4n) is 1.33. The predicted octanol–water partition coefficient (Wildman–Crippen LogP) is 2.27. The average Bonchev–Trinajstić information content (AvgIpc) is 2.17. The van der Waals surface area contributed by atoms with Gasteiger partial charge in [0.2, 0.25) is 5.88 Å². The van der Waals surface area contributed by atoms with Gasteiger partial charge in [-0.3, -0.25) is 0 Å². The van der Waals surface area contributed by atoms with Crippen LogP contribution in [-0.4, -0.2) is 11.6 Å². The maximum absolute atomic E-state index is 5.66. The molecule has 0 amide bonds. The minimum atomic E-state index is 0.483. The lowest BCUT2D eigenvalue weighted by atomic mass is 10.1. The molecule has 84 valence electrons. The summed E-state index contributed by atoms with van der Waals surface area (Å²) in [5, 5.41) is 0. The zero-order valence-electron chi connectivity index (χ0n) is 9.79. The molecule has 0 bridgehead atoms. The van der Waals surface area contributed by atoms with E-state index in [2.05, 4.69) is 18.8 Å². The highest BCUT2D eigenvalue weighted by Crippen LogP contribution is 2.18. The zero-order valence-corrected chi connectivity index (χ0v) is 9.79. The molecule has 0 unspecified atom stereocenters. The minimum absolute atomic E-state index is 0.483. The third kappa shape index (κ3) is 3.51. The third-order valence-electron chi connectivity index (χ3n) is 2.39. The van der Waals surface area contributed by atoms with E-state index in [1.165, 1.54) is 0 Å². The minimum Gasteiger partial charge on any atom is -0.477 e. The molecule has 0 radical (unpaired) electrons. The number of aryl methyl sites for hydroxylation is 1. The van der Waals surface area contributed by atoms with Crippen LogP contribution in [0.3, 0.4) is 0 Å². The van der Waals surface area contributed by atoms with Gasteiger partial charge in [0.15, 0.2) is 0 Å². The van der Waals surface area contributed by atoms with Gasteiger partial charge in [0.05, 0.1) is 6.61 Å². The average molecular weight is 208 g/mol. The first-order chi connectivity index (χ1) is 7.15. The van der Waals surface area contributed by atoms with E-state index in [4.69, 9.17) is 10.5 Å². The summed E-state index contributed by atoms with van der Waals surface area (Å²) in [4.78, 5) is 4.20. The molecule has 1 aromatic heterocycles. The van der Waals surface area contributed by atoms with Crippen molar-refractivity contribution in [2.45, 2.75) is 33.7 Å². The third-order valence-corrected chi connectivity index (χ3v) is 2.39. The topological polar surface area (TPSA) is 48.1 Å². The largest absolute Gasteiger partial charge is 0.477 e. The van der Waals surface area contributed by atoms with Crippen molar-refractivity contribution < 1.29 is 4.74 Å². The molecule has 0 aliphatic rings.